The van der Waals surface area contributed by atoms with E-state index in [0.717, 1.165) is 15.8 Å². The molecule has 0 atom stereocenters. The van der Waals surface area contributed by atoms with Crippen LogP contribution in [0.15, 0.2) is 47.5 Å². The summed E-state index contributed by atoms with van der Waals surface area (Å²) in [7, 11) is 3.15. The van der Waals surface area contributed by atoms with E-state index in [1.54, 1.807) is 26.4 Å². The molecule has 0 bridgehead atoms. The number of nitrogens with zero attached hydrogens (tertiary/aromatic N) is 2. The lowest BCUT2D eigenvalue weighted by Crippen LogP contribution is -2.17. The molecule has 0 saturated carbocycles. The van der Waals surface area contributed by atoms with Gasteiger partial charge in [0, 0.05) is 11.6 Å². The van der Waals surface area contributed by atoms with Crippen LogP contribution in [0, 0.1) is 12.3 Å². The SMILES string of the molecule is C#CCn1c(=NC(=O)Cc2ccc(OC)cc2OC)sc2ccccc21. The maximum absolute atomic E-state index is 12.5. The van der Waals surface area contributed by atoms with Gasteiger partial charge in [0.05, 0.1) is 37.4 Å². The Labute approximate surface area is 155 Å². The van der Waals surface area contributed by atoms with Gasteiger partial charge in [-0.1, -0.05) is 35.5 Å². The van der Waals surface area contributed by atoms with Crippen molar-refractivity contribution in [2.75, 3.05) is 14.2 Å². The van der Waals surface area contributed by atoms with Crippen LogP contribution in [0.1, 0.15) is 5.56 Å². The fraction of sp³-hybridized carbons (Fsp3) is 0.200. The molecule has 0 spiro atoms. The molecular formula is C20H18N2O3S. The molecule has 0 aliphatic heterocycles. The smallest absolute Gasteiger partial charge is 0.252 e. The average Bonchev–Trinajstić information content (AvgIpc) is 2.99. The van der Waals surface area contributed by atoms with Gasteiger partial charge in [-0.2, -0.15) is 4.99 Å². The van der Waals surface area contributed by atoms with Crippen LogP contribution in [0.5, 0.6) is 11.5 Å². The molecule has 1 amide bonds. The van der Waals surface area contributed by atoms with Crippen molar-refractivity contribution in [3.05, 3.63) is 52.8 Å². The number of hydrogen-bond donors (Lipinski definition) is 0. The van der Waals surface area contributed by atoms with Crippen molar-refractivity contribution in [1.29, 1.82) is 0 Å². The van der Waals surface area contributed by atoms with Crippen molar-refractivity contribution < 1.29 is 14.3 Å². The minimum absolute atomic E-state index is 0.136. The molecule has 0 fully saturated rings. The predicted octanol–water partition coefficient (Wildman–Crippen LogP) is 3.02. The number of aromatic nitrogens is 1. The first-order valence-electron chi connectivity index (χ1n) is 7.96. The Bertz CT molecular complexity index is 1060. The number of hydrogen-bond acceptors (Lipinski definition) is 4. The highest BCUT2D eigenvalue weighted by Crippen LogP contribution is 2.25. The zero-order valence-electron chi connectivity index (χ0n) is 14.6. The third-order valence-electron chi connectivity index (χ3n) is 3.89. The third kappa shape index (κ3) is 3.63. The molecule has 0 unspecified atom stereocenters. The van der Waals surface area contributed by atoms with Crippen molar-refractivity contribution in [3.63, 3.8) is 0 Å². The zero-order chi connectivity index (χ0) is 18.5. The largest absolute Gasteiger partial charge is 0.497 e. The molecule has 6 heteroatoms. The topological polar surface area (TPSA) is 52.8 Å². The van der Waals surface area contributed by atoms with Crippen LogP contribution in [-0.2, 0) is 17.8 Å². The Balaban J connectivity index is 1.96. The molecule has 0 radical (unpaired) electrons. The van der Waals surface area contributed by atoms with Gasteiger partial charge in [-0.3, -0.25) is 4.79 Å². The number of terminal acetylenes is 1. The van der Waals surface area contributed by atoms with E-state index in [9.17, 15) is 4.79 Å². The maximum atomic E-state index is 12.5. The second kappa shape index (κ2) is 7.89. The Morgan fingerprint density at radius 3 is 2.77 bits per heavy atom. The van der Waals surface area contributed by atoms with Crippen LogP contribution in [-0.4, -0.2) is 24.7 Å². The van der Waals surface area contributed by atoms with Crippen molar-refractivity contribution in [2.45, 2.75) is 13.0 Å². The molecular weight excluding hydrogens is 348 g/mol. The lowest BCUT2D eigenvalue weighted by Gasteiger charge is -2.08. The number of carbonyl (C=O) groups excluding carboxylic acids is 1. The highest BCUT2D eigenvalue weighted by molar-refractivity contribution is 7.16. The fourth-order valence-electron chi connectivity index (χ4n) is 2.66. The number of carbonyl (C=O) groups is 1. The van der Waals surface area contributed by atoms with Crippen LogP contribution in [0.4, 0.5) is 0 Å². The number of ether oxygens (including phenoxy) is 2. The second-order valence-electron chi connectivity index (χ2n) is 5.50. The first-order valence-corrected chi connectivity index (χ1v) is 8.78. The number of benzene rings is 2. The quantitative estimate of drug-likeness (QED) is 0.652. The molecule has 2 aromatic carbocycles. The Kier molecular flexibility index (Phi) is 5.40. The standard InChI is InChI=1S/C20H18N2O3S/c1-4-11-22-16-7-5-6-8-18(16)26-20(22)21-19(23)12-14-9-10-15(24-2)13-17(14)25-3/h1,5-10,13H,11-12H2,2-3H3. The molecule has 132 valence electrons. The van der Waals surface area contributed by atoms with E-state index in [-0.39, 0.29) is 12.3 Å². The number of fused-ring (bicyclic) bond motifs is 1. The van der Waals surface area contributed by atoms with Gasteiger partial charge in [0.1, 0.15) is 11.5 Å². The summed E-state index contributed by atoms with van der Waals surface area (Å²) >= 11 is 1.45. The fourth-order valence-corrected chi connectivity index (χ4v) is 3.70. The molecule has 3 rings (SSSR count). The van der Waals surface area contributed by atoms with Crippen molar-refractivity contribution in [1.82, 2.24) is 4.57 Å². The van der Waals surface area contributed by atoms with Gasteiger partial charge in [0.25, 0.3) is 5.91 Å². The highest BCUT2D eigenvalue weighted by atomic mass is 32.1. The normalized spacial score (nSPS) is 11.3. The maximum Gasteiger partial charge on any atom is 0.252 e. The summed E-state index contributed by atoms with van der Waals surface area (Å²) in [6.45, 7) is 0.363. The summed E-state index contributed by atoms with van der Waals surface area (Å²) in [6.07, 6.45) is 5.61. The third-order valence-corrected chi connectivity index (χ3v) is 4.95. The molecule has 26 heavy (non-hydrogen) atoms. The van der Waals surface area contributed by atoms with Crippen LogP contribution in [0.25, 0.3) is 10.2 Å². The Morgan fingerprint density at radius 1 is 1.23 bits per heavy atom. The van der Waals surface area contributed by atoms with Gasteiger partial charge >= 0.3 is 0 Å². The predicted molar refractivity (Wildman–Crippen MR) is 102 cm³/mol. The monoisotopic (exact) mass is 366 g/mol. The summed E-state index contributed by atoms with van der Waals surface area (Å²) < 4.78 is 13.4. The van der Waals surface area contributed by atoms with Gasteiger partial charge in [0.15, 0.2) is 4.80 Å². The number of thiazole rings is 1. The molecule has 0 aliphatic carbocycles. The minimum Gasteiger partial charge on any atom is -0.497 e. The molecule has 0 N–H and O–H groups in total. The van der Waals surface area contributed by atoms with Gasteiger partial charge < -0.3 is 14.0 Å². The zero-order valence-corrected chi connectivity index (χ0v) is 15.4. The van der Waals surface area contributed by atoms with E-state index in [1.165, 1.54) is 11.3 Å². The second-order valence-corrected chi connectivity index (χ2v) is 6.51. The molecule has 3 aromatic rings. The first kappa shape index (κ1) is 17.8. The minimum atomic E-state index is -0.259. The molecule has 0 saturated heterocycles. The van der Waals surface area contributed by atoms with E-state index < -0.39 is 0 Å². The van der Waals surface area contributed by atoms with E-state index in [2.05, 4.69) is 10.9 Å². The van der Waals surface area contributed by atoms with Crippen LogP contribution in [0.3, 0.4) is 0 Å². The van der Waals surface area contributed by atoms with Crippen LogP contribution >= 0.6 is 11.3 Å². The summed E-state index contributed by atoms with van der Waals surface area (Å²) in [5, 5.41) is 0. The van der Waals surface area contributed by atoms with Gasteiger partial charge in [-0.15, -0.1) is 6.42 Å². The van der Waals surface area contributed by atoms with Gasteiger partial charge in [0.2, 0.25) is 0 Å². The summed E-state index contributed by atoms with van der Waals surface area (Å²) in [5.74, 6) is 3.63. The lowest BCUT2D eigenvalue weighted by atomic mass is 10.1. The van der Waals surface area contributed by atoms with Crippen LogP contribution < -0.4 is 14.3 Å². The molecule has 0 aliphatic rings. The van der Waals surface area contributed by atoms with Crippen molar-refractivity contribution in [2.24, 2.45) is 4.99 Å². The van der Waals surface area contributed by atoms with E-state index in [4.69, 9.17) is 15.9 Å². The first-order chi connectivity index (χ1) is 12.7. The lowest BCUT2D eigenvalue weighted by molar-refractivity contribution is -0.117. The van der Waals surface area contributed by atoms with Gasteiger partial charge in [-0.25, -0.2) is 0 Å². The van der Waals surface area contributed by atoms with Crippen molar-refractivity contribution in [3.8, 4) is 23.8 Å². The van der Waals surface area contributed by atoms with E-state index >= 15 is 0 Å². The summed E-state index contributed by atoms with van der Waals surface area (Å²) in [5.41, 5.74) is 1.73. The Morgan fingerprint density at radius 2 is 2.04 bits per heavy atom. The van der Waals surface area contributed by atoms with Gasteiger partial charge in [-0.05, 0) is 18.2 Å². The summed E-state index contributed by atoms with van der Waals surface area (Å²) in [4.78, 5) is 17.4. The molecule has 1 aromatic heterocycles. The van der Waals surface area contributed by atoms with Crippen LogP contribution in [0.2, 0.25) is 0 Å². The summed E-state index contributed by atoms with van der Waals surface area (Å²) in [6, 6.07) is 13.2. The molecule has 1 heterocycles. The number of para-hydroxylation sites is 1. The van der Waals surface area contributed by atoms with E-state index in [0.29, 0.717) is 22.8 Å². The van der Waals surface area contributed by atoms with Crippen molar-refractivity contribution >= 4 is 27.5 Å². The average molecular weight is 366 g/mol. The molecule has 5 nitrogen and oxygen atoms in total. The number of methoxy groups -OCH3 is 2. The highest BCUT2D eigenvalue weighted by Gasteiger charge is 2.11. The van der Waals surface area contributed by atoms with E-state index in [1.807, 2.05) is 34.9 Å². The number of amides is 1. The number of rotatable bonds is 5. The Hall–Kier alpha value is -3.04.